The summed E-state index contributed by atoms with van der Waals surface area (Å²) in [6, 6.07) is 4.37. The Morgan fingerprint density at radius 1 is 1.16 bits per heavy atom. The highest BCUT2D eigenvalue weighted by atomic mass is 79.9. The summed E-state index contributed by atoms with van der Waals surface area (Å²) in [4.78, 5) is 4.66. The number of halogens is 1. The zero-order valence-electron chi connectivity index (χ0n) is 11.8. The zero-order chi connectivity index (χ0) is 14.2. The van der Waals surface area contributed by atoms with Crippen LogP contribution in [-0.4, -0.2) is 21.3 Å². The summed E-state index contributed by atoms with van der Waals surface area (Å²) in [6.07, 6.45) is 0.568. The molecule has 0 aliphatic heterocycles. The maximum atomic E-state index is 9.08. The van der Waals surface area contributed by atoms with Gasteiger partial charge in [-0.25, -0.2) is 4.98 Å². The predicted molar refractivity (Wildman–Crippen MR) is 81.3 cm³/mol. The average Bonchev–Trinajstić information content (AvgIpc) is 2.63. The quantitative estimate of drug-likeness (QED) is 0.941. The summed E-state index contributed by atoms with van der Waals surface area (Å²) in [5, 5.41) is 9.08. The normalized spacial score (nSPS) is 11.1. The molecule has 0 saturated heterocycles. The van der Waals surface area contributed by atoms with Crippen molar-refractivity contribution in [2.45, 2.75) is 27.2 Å². The molecule has 0 bridgehead atoms. The van der Waals surface area contributed by atoms with E-state index in [4.69, 9.17) is 5.11 Å². The molecule has 0 unspecified atom stereocenters. The molecule has 2 rings (SSSR count). The molecule has 0 aliphatic rings. The molecular weight excluding hydrogens is 304 g/mol. The molecular formula is C15H19BrN2O. The number of aryl methyl sites for hydroxylation is 3. The first-order valence-electron chi connectivity index (χ1n) is 6.36. The van der Waals surface area contributed by atoms with E-state index in [1.165, 1.54) is 16.7 Å². The fourth-order valence-corrected chi connectivity index (χ4v) is 2.74. The van der Waals surface area contributed by atoms with E-state index < -0.39 is 0 Å². The number of imidazole rings is 1. The maximum absolute atomic E-state index is 9.08. The standard InChI is InChI=1S/C15H19BrN2O/c1-9-7-11(3)12(8-10(9)2)14-15(16)18(4)13(17-14)5-6-19/h7-8,19H,5-6H2,1-4H3. The fourth-order valence-electron chi connectivity index (χ4n) is 2.23. The van der Waals surface area contributed by atoms with Gasteiger partial charge in [-0.2, -0.15) is 0 Å². The number of benzene rings is 1. The summed E-state index contributed by atoms with van der Waals surface area (Å²) in [5.41, 5.74) is 5.88. The lowest BCUT2D eigenvalue weighted by molar-refractivity contribution is 0.295. The van der Waals surface area contributed by atoms with Crippen LogP contribution >= 0.6 is 15.9 Å². The highest BCUT2D eigenvalue weighted by molar-refractivity contribution is 9.10. The minimum Gasteiger partial charge on any atom is -0.396 e. The lowest BCUT2D eigenvalue weighted by Gasteiger charge is -2.08. The molecule has 2 aromatic rings. The Hall–Kier alpha value is -1.13. The summed E-state index contributed by atoms with van der Waals surface area (Å²) >= 11 is 3.60. The minimum absolute atomic E-state index is 0.114. The van der Waals surface area contributed by atoms with Gasteiger partial charge in [0.05, 0.1) is 6.61 Å². The molecule has 1 aromatic carbocycles. The number of rotatable bonds is 3. The largest absolute Gasteiger partial charge is 0.396 e. The Morgan fingerprint density at radius 3 is 2.42 bits per heavy atom. The third-order valence-corrected chi connectivity index (χ3v) is 4.46. The van der Waals surface area contributed by atoms with Gasteiger partial charge in [0, 0.05) is 19.0 Å². The number of aliphatic hydroxyl groups is 1. The molecule has 1 heterocycles. The smallest absolute Gasteiger partial charge is 0.112 e. The van der Waals surface area contributed by atoms with Crippen LogP contribution in [0.1, 0.15) is 22.5 Å². The highest BCUT2D eigenvalue weighted by Gasteiger charge is 2.16. The molecule has 4 heteroatoms. The van der Waals surface area contributed by atoms with E-state index in [1.807, 2.05) is 11.6 Å². The Labute approximate surface area is 122 Å². The van der Waals surface area contributed by atoms with Crippen molar-refractivity contribution in [1.82, 2.24) is 9.55 Å². The maximum Gasteiger partial charge on any atom is 0.112 e. The fraction of sp³-hybridized carbons (Fsp3) is 0.400. The van der Waals surface area contributed by atoms with Gasteiger partial charge >= 0.3 is 0 Å². The average molecular weight is 323 g/mol. The van der Waals surface area contributed by atoms with Crippen molar-refractivity contribution in [3.63, 3.8) is 0 Å². The molecule has 19 heavy (non-hydrogen) atoms. The van der Waals surface area contributed by atoms with Gasteiger partial charge in [-0.3, -0.25) is 0 Å². The van der Waals surface area contributed by atoms with Crippen LogP contribution in [0.3, 0.4) is 0 Å². The molecule has 0 fully saturated rings. The van der Waals surface area contributed by atoms with E-state index in [0.717, 1.165) is 21.7 Å². The van der Waals surface area contributed by atoms with Crippen molar-refractivity contribution in [1.29, 1.82) is 0 Å². The van der Waals surface area contributed by atoms with Gasteiger partial charge in [-0.15, -0.1) is 0 Å². The van der Waals surface area contributed by atoms with Gasteiger partial charge < -0.3 is 9.67 Å². The van der Waals surface area contributed by atoms with E-state index >= 15 is 0 Å². The van der Waals surface area contributed by atoms with Crippen LogP contribution in [0.2, 0.25) is 0 Å². The van der Waals surface area contributed by atoms with Crippen LogP contribution in [-0.2, 0) is 13.5 Å². The van der Waals surface area contributed by atoms with Crippen molar-refractivity contribution in [3.05, 3.63) is 39.3 Å². The van der Waals surface area contributed by atoms with Crippen molar-refractivity contribution >= 4 is 15.9 Å². The van der Waals surface area contributed by atoms with Gasteiger partial charge in [-0.05, 0) is 59.5 Å². The van der Waals surface area contributed by atoms with Crippen molar-refractivity contribution < 1.29 is 5.11 Å². The van der Waals surface area contributed by atoms with E-state index in [2.05, 4.69) is 53.8 Å². The molecule has 0 saturated carbocycles. The molecule has 1 N–H and O–H groups in total. The zero-order valence-corrected chi connectivity index (χ0v) is 13.4. The van der Waals surface area contributed by atoms with E-state index in [-0.39, 0.29) is 6.61 Å². The Morgan fingerprint density at radius 2 is 1.79 bits per heavy atom. The molecule has 0 radical (unpaired) electrons. The van der Waals surface area contributed by atoms with Crippen LogP contribution in [0.5, 0.6) is 0 Å². The highest BCUT2D eigenvalue weighted by Crippen LogP contribution is 2.32. The number of hydrogen-bond donors (Lipinski definition) is 1. The Balaban J connectivity index is 2.59. The topological polar surface area (TPSA) is 38.1 Å². The Kier molecular flexibility index (Phi) is 4.11. The second kappa shape index (κ2) is 5.47. The van der Waals surface area contributed by atoms with Crippen LogP contribution in [0.4, 0.5) is 0 Å². The van der Waals surface area contributed by atoms with Crippen LogP contribution in [0.15, 0.2) is 16.7 Å². The van der Waals surface area contributed by atoms with Crippen LogP contribution < -0.4 is 0 Å². The van der Waals surface area contributed by atoms with Crippen molar-refractivity contribution in [2.24, 2.45) is 7.05 Å². The van der Waals surface area contributed by atoms with E-state index in [9.17, 15) is 0 Å². The third kappa shape index (κ3) is 2.60. The van der Waals surface area contributed by atoms with Gasteiger partial charge in [-0.1, -0.05) is 6.07 Å². The van der Waals surface area contributed by atoms with Gasteiger partial charge in [0.25, 0.3) is 0 Å². The monoisotopic (exact) mass is 322 g/mol. The number of aliphatic hydroxyl groups excluding tert-OH is 1. The first kappa shape index (κ1) is 14.3. The molecule has 102 valence electrons. The summed E-state index contributed by atoms with van der Waals surface area (Å²) in [6.45, 7) is 6.46. The molecule has 3 nitrogen and oxygen atoms in total. The molecule has 0 aliphatic carbocycles. The second-order valence-electron chi connectivity index (χ2n) is 4.95. The SMILES string of the molecule is Cc1cc(C)c(-c2nc(CCO)n(C)c2Br)cc1C. The lowest BCUT2D eigenvalue weighted by Crippen LogP contribution is -2.00. The lowest BCUT2D eigenvalue weighted by atomic mass is 9.99. The summed E-state index contributed by atoms with van der Waals surface area (Å²) in [7, 11) is 1.96. The number of nitrogens with zero attached hydrogens (tertiary/aromatic N) is 2. The molecule has 1 aromatic heterocycles. The molecule has 0 amide bonds. The molecule has 0 atom stereocenters. The number of hydrogen-bond acceptors (Lipinski definition) is 2. The van der Waals surface area contributed by atoms with Crippen LogP contribution in [0.25, 0.3) is 11.3 Å². The number of aromatic nitrogens is 2. The minimum atomic E-state index is 0.114. The van der Waals surface area contributed by atoms with Crippen molar-refractivity contribution in [3.8, 4) is 11.3 Å². The second-order valence-corrected chi connectivity index (χ2v) is 5.70. The van der Waals surface area contributed by atoms with E-state index in [0.29, 0.717) is 6.42 Å². The predicted octanol–water partition coefficient (Wildman–Crippen LogP) is 3.31. The van der Waals surface area contributed by atoms with Gasteiger partial charge in [0.15, 0.2) is 0 Å². The third-order valence-electron chi connectivity index (χ3n) is 3.55. The van der Waals surface area contributed by atoms with Crippen molar-refractivity contribution in [2.75, 3.05) is 6.61 Å². The summed E-state index contributed by atoms with van der Waals surface area (Å²) < 4.78 is 2.95. The first-order chi connectivity index (χ1) is 8.95. The molecule has 0 spiro atoms. The first-order valence-corrected chi connectivity index (χ1v) is 7.15. The Bertz CT molecular complexity index is 617. The van der Waals surface area contributed by atoms with Gasteiger partial charge in [0.1, 0.15) is 16.1 Å². The van der Waals surface area contributed by atoms with Gasteiger partial charge in [0.2, 0.25) is 0 Å². The van der Waals surface area contributed by atoms with E-state index in [1.54, 1.807) is 0 Å². The van der Waals surface area contributed by atoms with Crippen LogP contribution in [0, 0.1) is 20.8 Å². The summed E-state index contributed by atoms with van der Waals surface area (Å²) in [5.74, 6) is 0.891.